The van der Waals surface area contributed by atoms with E-state index < -0.39 is 0 Å². The van der Waals surface area contributed by atoms with Crippen molar-refractivity contribution in [2.45, 2.75) is 118 Å². The maximum atomic E-state index is 12.4. The maximum absolute atomic E-state index is 12.4. The highest BCUT2D eigenvalue weighted by Gasteiger charge is 2.65. The first-order valence-electron chi connectivity index (χ1n) is 15.8. The monoisotopic (exact) mass is 556 g/mol. The molecule has 4 fully saturated rings. The Labute approximate surface area is 241 Å². The lowest BCUT2D eigenvalue weighted by molar-refractivity contribution is -0.197. The molecule has 4 aliphatic rings. The van der Waals surface area contributed by atoms with Crippen LogP contribution in [0.3, 0.4) is 0 Å². The Kier molecular flexibility index (Phi) is 9.88. The highest BCUT2D eigenvalue weighted by atomic mass is 16.5. The van der Waals surface area contributed by atoms with Gasteiger partial charge in [-0.2, -0.15) is 0 Å². The smallest absolute Gasteiger partial charge is 0.330 e. The Morgan fingerprint density at radius 2 is 1.68 bits per heavy atom. The van der Waals surface area contributed by atoms with Crippen LogP contribution in [0.25, 0.3) is 0 Å². The molecule has 0 saturated heterocycles. The summed E-state index contributed by atoms with van der Waals surface area (Å²) in [6.07, 6.45) is 18.2. The third kappa shape index (κ3) is 6.21. The molecule has 4 rings (SSSR count). The number of ether oxygens (including phenoxy) is 3. The molecule has 6 heteroatoms. The van der Waals surface area contributed by atoms with Gasteiger partial charge in [0.25, 0.3) is 0 Å². The summed E-state index contributed by atoms with van der Waals surface area (Å²) in [5, 5.41) is 0. The second-order valence-corrected chi connectivity index (χ2v) is 13.6. The van der Waals surface area contributed by atoms with Crippen molar-refractivity contribution in [1.29, 1.82) is 0 Å². The molecular formula is C34H52O6. The molecule has 0 aromatic rings. The van der Waals surface area contributed by atoms with Crippen molar-refractivity contribution in [3.05, 3.63) is 24.3 Å². The molecule has 0 spiro atoms. The zero-order valence-corrected chi connectivity index (χ0v) is 25.7. The van der Waals surface area contributed by atoms with Crippen molar-refractivity contribution >= 4 is 17.9 Å². The lowest BCUT2D eigenvalue weighted by atomic mass is 9.43. The first kappa shape index (κ1) is 30.8. The average Bonchev–Trinajstić information content (AvgIpc) is 3.25. The maximum Gasteiger partial charge on any atom is 0.330 e. The predicted molar refractivity (Wildman–Crippen MR) is 155 cm³/mol. The van der Waals surface area contributed by atoms with E-state index in [0.29, 0.717) is 42.1 Å². The van der Waals surface area contributed by atoms with E-state index in [-0.39, 0.29) is 40.9 Å². The molecular weight excluding hydrogens is 504 g/mol. The zero-order valence-electron chi connectivity index (χ0n) is 25.7. The van der Waals surface area contributed by atoms with Crippen LogP contribution in [-0.2, 0) is 28.6 Å². The van der Waals surface area contributed by atoms with Crippen LogP contribution in [0.4, 0.5) is 0 Å². The number of fused-ring (bicyclic) bond motifs is 5. The summed E-state index contributed by atoms with van der Waals surface area (Å²) >= 11 is 0. The second-order valence-electron chi connectivity index (χ2n) is 13.6. The van der Waals surface area contributed by atoms with Crippen molar-refractivity contribution in [2.24, 2.45) is 46.3 Å². The second kappa shape index (κ2) is 12.8. The Morgan fingerprint density at radius 3 is 2.38 bits per heavy atom. The normalized spacial score (nSPS) is 39.7. The van der Waals surface area contributed by atoms with Gasteiger partial charge in [-0.15, -0.1) is 0 Å². The number of rotatable bonds is 9. The number of allylic oxidation sites excluding steroid dienone is 3. The van der Waals surface area contributed by atoms with Crippen molar-refractivity contribution in [2.75, 3.05) is 6.61 Å². The fourth-order valence-corrected chi connectivity index (χ4v) is 9.89. The van der Waals surface area contributed by atoms with Crippen molar-refractivity contribution in [3.63, 3.8) is 0 Å². The molecule has 0 aromatic carbocycles. The topological polar surface area (TPSA) is 78.9 Å². The van der Waals surface area contributed by atoms with E-state index in [1.54, 1.807) is 19.9 Å². The van der Waals surface area contributed by atoms with Crippen molar-refractivity contribution in [3.8, 4) is 0 Å². The summed E-state index contributed by atoms with van der Waals surface area (Å²) in [5.41, 5.74) is 0.211. The van der Waals surface area contributed by atoms with E-state index in [1.165, 1.54) is 38.7 Å². The fraction of sp³-hybridized carbons (Fsp3) is 0.794. The van der Waals surface area contributed by atoms with Crippen molar-refractivity contribution < 1.29 is 28.6 Å². The number of esters is 3. The first-order chi connectivity index (χ1) is 19.0. The molecule has 4 unspecified atom stereocenters. The minimum Gasteiger partial charge on any atom is -0.463 e. The van der Waals surface area contributed by atoms with Crippen LogP contribution in [-0.4, -0.2) is 36.7 Å². The van der Waals surface area contributed by atoms with Crippen LogP contribution >= 0.6 is 0 Å². The summed E-state index contributed by atoms with van der Waals surface area (Å²) in [6, 6.07) is 0. The fourth-order valence-electron chi connectivity index (χ4n) is 9.89. The van der Waals surface area contributed by atoms with Crippen LogP contribution in [0.15, 0.2) is 24.3 Å². The Morgan fingerprint density at radius 1 is 0.925 bits per heavy atom. The summed E-state index contributed by atoms with van der Waals surface area (Å²) in [5.74, 6) is 2.78. The van der Waals surface area contributed by atoms with E-state index in [1.807, 2.05) is 6.08 Å². The van der Waals surface area contributed by atoms with Gasteiger partial charge < -0.3 is 14.2 Å². The van der Waals surface area contributed by atoms with Gasteiger partial charge in [0.2, 0.25) is 0 Å². The van der Waals surface area contributed by atoms with Gasteiger partial charge in [0, 0.05) is 25.3 Å². The van der Waals surface area contributed by atoms with E-state index in [0.717, 1.165) is 38.5 Å². The van der Waals surface area contributed by atoms with Gasteiger partial charge in [0.15, 0.2) is 0 Å². The number of carbonyl (C=O) groups excluding carboxylic acids is 3. The predicted octanol–water partition coefficient (Wildman–Crippen LogP) is 7.21. The summed E-state index contributed by atoms with van der Waals surface area (Å²) in [4.78, 5) is 35.6. The van der Waals surface area contributed by atoms with Gasteiger partial charge in [-0.3, -0.25) is 9.59 Å². The van der Waals surface area contributed by atoms with E-state index >= 15 is 0 Å². The highest BCUT2D eigenvalue weighted by Crippen LogP contribution is 2.69. The first-order valence-corrected chi connectivity index (χ1v) is 15.8. The Hall–Kier alpha value is -2.11. The van der Waals surface area contributed by atoms with Gasteiger partial charge >= 0.3 is 17.9 Å². The van der Waals surface area contributed by atoms with E-state index in [9.17, 15) is 14.4 Å². The molecule has 0 heterocycles. The SMILES string of the molecule is CCOC(=O)C=CC=CCCC(C)[C@H]1CC[C@H]2[C@@H]3CCC4CC(OC(C)=O)CC[C@]4(C)[C@H]3CC(OC(C)=O)[C@]12C. The molecule has 224 valence electrons. The molecule has 4 aliphatic carbocycles. The average molecular weight is 557 g/mol. The van der Waals surface area contributed by atoms with Gasteiger partial charge in [-0.1, -0.05) is 39.0 Å². The van der Waals surface area contributed by atoms with Crippen molar-refractivity contribution in [1.82, 2.24) is 0 Å². The lowest BCUT2D eigenvalue weighted by Crippen LogP contribution is -2.59. The van der Waals surface area contributed by atoms with Gasteiger partial charge in [-0.05, 0) is 112 Å². The van der Waals surface area contributed by atoms with Crippen LogP contribution < -0.4 is 0 Å². The van der Waals surface area contributed by atoms with Gasteiger partial charge in [0.1, 0.15) is 12.2 Å². The minimum absolute atomic E-state index is 0.00206. The molecule has 0 aliphatic heterocycles. The third-order valence-electron chi connectivity index (χ3n) is 11.6. The summed E-state index contributed by atoms with van der Waals surface area (Å²) in [6.45, 7) is 12.6. The van der Waals surface area contributed by atoms with E-state index in [2.05, 4.69) is 26.8 Å². The number of carbonyl (C=O) groups is 3. The van der Waals surface area contributed by atoms with Crippen LogP contribution in [0.2, 0.25) is 0 Å². The van der Waals surface area contributed by atoms with Crippen LogP contribution in [0.1, 0.15) is 106 Å². The number of hydrogen-bond donors (Lipinski definition) is 0. The molecule has 0 radical (unpaired) electrons. The van der Waals surface area contributed by atoms with Gasteiger partial charge in [-0.25, -0.2) is 4.79 Å². The Balaban J connectivity index is 1.47. The molecule has 40 heavy (non-hydrogen) atoms. The standard InChI is InChI=1S/C34H52O6/c1-7-38-32(37)13-11-9-8-10-12-22(2)28-16-17-29-27-15-14-25-20-26(39-23(3)35)18-19-33(25,5)30(27)21-31(34(28,29)6)40-24(4)36/h8-9,11,13,22,25-31H,7,10,12,14-21H2,1-6H3/t22?,25?,26?,27-,28+,29-,30-,31?,33-,34+/m0/s1. The quantitative estimate of drug-likeness (QED) is 0.129. The summed E-state index contributed by atoms with van der Waals surface area (Å²) < 4.78 is 16.8. The lowest BCUT2D eigenvalue weighted by Gasteiger charge is -2.62. The zero-order chi connectivity index (χ0) is 29.1. The Bertz CT molecular complexity index is 985. The molecule has 10 atom stereocenters. The molecule has 0 amide bonds. The molecule has 0 bridgehead atoms. The third-order valence-corrected chi connectivity index (χ3v) is 11.6. The minimum atomic E-state index is -0.308. The molecule has 0 N–H and O–H groups in total. The largest absolute Gasteiger partial charge is 0.463 e. The highest BCUT2D eigenvalue weighted by molar-refractivity contribution is 5.82. The van der Waals surface area contributed by atoms with E-state index in [4.69, 9.17) is 14.2 Å². The van der Waals surface area contributed by atoms with Crippen LogP contribution in [0.5, 0.6) is 0 Å². The number of hydrogen-bond acceptors (Lipinski definition) is 6. The van der Waals surface area contributed by atoms with Crippen LogP contribution in [0, 0.1) is 46.3 Å². The molecule has 6 nitrogen and oxygen atoms in total. The molecule has 0 aromatic heterocycles. The van der Waals surface area contributed by atoms with Gasteiger partial charge in [0.05, 0.1) is 6.61 Å². The molecule has 4 saturated carbocycles. The summed E-state index contributed by atoms with van der Waals surface area (Å²) in [7, 11) is 0.